The first-order chi connectivity index (χ1) is 13.1. The Kier molecular flexibility index (Phi) is 5.31. The highest BCUT2D eigenvalue weighted by atomic mass is 16.6. The van der Waals surface area contributed by atoms with Crippen LogP contribution < -0.4 is 18.9 Å². The fourth-order valence-corrected chi connectivity index (χ4v) is 2.10. The van der Waals surface area contributed by atoms with Gasteiger partial charge in [0.05, 0.1) is 19.1 Å². The third-order valence-corrected chi connectivity index (χ3v) is 3.45. The lowest BCUT2D eigenvalue weighted by Crippen LogP contribution is -2.00. The average molecular weight is 369 g/mol. The lowest BCUT2D eigenvalue weighted by molar-refractivity contribution is -0.386. The van der Waals surface area contributed by atoms with Crippen LogP contribution in [0.2, 0.25) is 0 Å². The number of ether oxygens (including phenoxy) is 4. The van der Waals surface area contributed by atoms with E-state index in [2.05, 4.69) is 9.97 Å². The van der Waals surface area contributed by atoms with Gasteiger partial charge in [0.1, 0.15) is 29.2 Å². The zero-order valence-electron chi connectivity index (χ0n) is 14.5. The largest absolute Gasteiger partial charge is 0.497 e. The van der Waals surface area contributed by atoms with E-state index < -0.39 is 4.92 Å². The van der Waals surface area contributed by atoms with Gasteiger partial charge in [0, 0.05) is 0 Å². The van der Waals surface area contributed by atoms with Crippen molar-refractivity contribution in [1.82, 2.24) is 9.97 Å². The number of nitro groups is 1. The highest BCUT2D eigenvalue weighted by molar-refractivity contribution is 5.43. The van der Waals surface area contributed by atoms with Gasteiger partial charge in [0.2, 0.25) is 0 Å². The van der Waals surface area contributed by atoms with Gasteiger partial charge in [-0.15, -0.1) is 0 Å². The van der Waals surface area contributed by atoms with E-state index in [9.17, 15) is 10.1 Å². The van der Waals surface area contributed by atoms with E-state index in [1.165, 1.54) is 7.11 Å². The molecule has 0 fully saturated rings. The van der Waals surface area contributed by atoms with Crippen LogP contribution in [-0.4, -0.2) is 29.1 Å². The number of nitrogens with zero attached hydrogens (tertiary/aromatic N) is 3. The lowest BCUT2D eigenvalue weighted by Gasteiger charge is -2.08. The maximum atomic E-state index is 11.2. The molecule has 0 unspecified atom stereocenters. The molecule has 1 heterocycles. The molecule has 0 radical (unpaired) electrons. The topological polar surface area (TPSA) is 106 Å². The first-order valence-corrected chi connectivity index (χ1v) is 7.74. The Labute approximate surface area is 154 Å². The molecule has 2 aromatic carbocycles. The van der Waals surface area contributed by atoms with Gasteiger partial charge in [-0.05, 0) is 48.5 Å². The van der Waals surface area contributed by atoms with Crippen molar-refractivity contribution in [2.24, 2.45) is 0 Å². The van der Waals surface area contributed by atoms with Crippen molar-refractivity contribution in [2.45, 2.75) is 0 Å². The number of rotatable bonds is 7. The van der Waals surface area contributed by atoms with Gasteiger partial charge in [-0.1, -0.05) is 0 Å². The number of hydrogen-bond donors (Lipinski definition) is 0. The van der Waals surface area contributed by atoms with Crippen LogP contribution in [-0.2, 0) is 0 Å². The molecule has 0 aliphatic rings. The van der Waals surface area contributed by atoms with Crippen molar-refractivity contribution in [1.29, 1.82) is 0 Å². The SMILES string of the molecule is COc1ccc(Oc2ncc([N+](=O)[O-])c(Oc3ccc(OC)cc3)n2)cc1. The van der Waals surface area contributed by atoms with Crippen LogP contribution in [0.5, 0.6) is 34.9 Å². The minimum atomic E-state index is -0.629. The molecular weight excluding hydrogens is 354 g/mol. The summed E-state index contributed by atoms with van der Waals surface area (Å²) in [5.74, 6) is 1.86. The molecule has 3 rings (SSSR count). The average Bonchev–Trinajstić information content (AvgIpc) is 2.69. The predicted molar refractivity (Wildman–Crippen MR) is 94.8 cm³/mol. The quantitative estimate of drug-likeness (QED) is 0.455. The van der Waals surface area contributed by atoms with E-state index in [4.69, 9.17) is 18.9 Å². The number of aromatic nitrogens is 2. The van der Waals surface area contributed by atoms with Crippen molar-refractivity contribution in [3.05, 3.63) is 64.8 Å². The van der Waals surface area contributed by atoms with Gasteiger partial charge in [-0.3, -0.25) is 10.1 Å². The maximum Gasteiger partial charge on any atom is 0.349 e. The standard InChI is InChI=1S/C18H15N3O6/c1-24-12-3-7-14(8-4-12)26-17-16(21(22)23)11-19-18(20-17)27-15-9-5-13(25-2)6-10-15/h3-11H,1-2H3. The number of benzene rings is 2. The first kappa shape index (κ1) is 17.9. The van der Waals surface area contributed by atoms with Gasteiger partial charge in [0.25, 0.3) is 0 Å². The second-order valence-corrected chi connectivity index (χ2v) is 5.16. The normalized spacial score (nSPS) is 10.1. The summed E-state index contributed by atoms with van der Waals surface area (Å²) in [5.41, 5.74) is -0.382. The van der Waals surface area contributed by atoms with E-state index in [0.29, 0.717) is 23.0 Å². The maximum absolute atomic E-state index is 11.2. The Balaban J connectivity index is 1.85. The zero-order valence-corrected chi connectivity index (χ0v) is 14.5. The molecule has 0 amide bonds. The van der Waals surface area contributed by atoms with Gasteiger partial charge < -0.3 is 18.9 Å². The van der Waals surface area contributed by atoms with Crippen molar-refractivity contribution in [3.63, 3.8) is 0 Å². The fraction of sp³-hybridized carbons (Fsp3) is 0.111. The highest BCUT2D eigenvalue weighted by Gasteiger charge is 2.20. The molecule has 1 aromatic heterocycles. The van der Waals surface area contributed by atoms with Crippen LogP contribution in [0.4, 0.5) is 5.69 Å². The Morgan fingerprint density at radius 1 is 0.815 bits per heavy atom. The van der Waals surface area contributed by atoms with Gasteiger partial charge >= 0.3 is 17.6 Å². The molecule has 3 aromatic rings. The molecule has 138 valence electrons. The molecule has 0 aliphatic heterocycles. The van der Waals surface area contributed by atoms with E-state index in [-0.39, 0.29) is 17.6 Å². The molecule has 0 atom stereocenters. The van der Waals surface area contributed by atoms with E-state index in [1.807, 2.05) is 0 Å². The van der Waals surface area contributed by atoms with Crippen LogP contribution in [0.1, 0.15) is 0 Å². The van der Waals surface area contributed by atoms with Crippen LogP contribution in [0.15, 0.2) is 54.7 Å². The second kappa shape index (κ2) is 8.00. The van der Waals surface area contributed by atoms with Gasteiger partial charge in [-0.25, -0.2) is 0 Å². The zero-order chi connectivity index (χ0) is 19.2. The van der Waals surface area contributed by atoms with Gasteiger partial charge in [0.15, 0.2) is 0 Å². The van der Waals surface area contributed by atoms with Crippen molar-refractivity contribution >= 4 is 5.69 Å². The van der Waals surface area contributed by atoms with E-state index >= 15 is 0 Å². The second-order valence-electron chi connectivity index (χ2n) is 5.16. The van der Waals surface area contributed by atoms with E-state index in [0.717, 1.165) is 6.20 Å². The van der Waals surface area contributed by atoms with Crippen LogP contribution in [0.3, 0.4) is 0 Å². The summed E-state index contributed by atoms with van der Waals surface area (Å²) in [6, 6.07) is 13.2. The molecule has 0 saturated carbocycles. The summed E-state index contributed by atoms with van der Waals surface area (Å²) >= 11 is 0. The first-order valence-electron chi connectivity index (χ1n) is 7.74. The Hall–Kier alpha value is -3.88. The van der Waals surface area contributed by atoms with Crippen LogP contribution in [0.25, 0.3) is 0 Å². The minimum absolute atomic E-state index is 0.0886. The lowest BCUT2D eigenvalue weighted by atomic mass is 10.3. The predicted octanol–water partition coefficient (Wildman–Crippen LogP) is 3.99. The van der Waals surface area contributed by atoms with Crippen LogP contribution >= 0.6 is 0 Å². The molecule has 9 nitrogen and oxygen atoms in total. The van der Waals surface area contributed by atoms with Crippen molar-refractivity contribution < 1.29 is 23.9 Å². The molecule has 0 spiro atoms. The van der Waals surface area contributed by atoms with Crippen LogP contribution in [0, 0.1) is 10.1 Å². The molecular formula is C18H15N3O6. The molecule has 0 saturated heterocycles. The fourth-order valence-electron chi connectivity index (χ4n) is 2.10. The number of hydrogen-bond acceptors (Lipinski definition) is 8. The molecule has 9 heteroatoms. The third kappa shape index (κ3) is 4.40. The summed E-state index contributed by atoms with van der Waals surface area (Å²) in [4.78, 5) is 18.5. The summed E-state index contributed by atoms with van der Waals surface area (Å²) < 4.78 is 21.2. The summed E-state index contributed by atoms with van der Waals surface area (Å²) in [6.45, 7) is 0. The van der Waals surface area contributed by atoms with Crippen molar-refractivity contribution in [3.8, 4) is 34.9 Å². The third-order valence-electron chi connectivity index (χ3n) is 3.45. The molecule has 0 bridgehead atoms. The minimum Gasteiger partial charge on any atom is -0.497 e. The molecule has 0 aliphatic carbocycles. The van der Waals surface area contributed by atoms with Gasteiger partial charge in [-0.2, -0.15) is 9.97 Å². The summed E-state index contributed by atoms with van der Waals surface area (Å²) in [5, 5.41) is 11.2. The van der Waals surface area contributed by atoms with E-state index in [1.54, 1.807) is 55.6 Å². The summed E-state index contributed by atoms with van der Waals surface area (Å²) in [7, 11) is 3.09. The summed E-state index contributed by atoms with van der Waals surface area (Å²) in [6.07, 6.45) is 1.03. The number of methoxy groups -OCH3 is 2. The molecule has 0 N–H and O–H groups in total. The Morgan fingerprint density at radius 2 is 1.30 bits per heavy atom. The monoisotopic (exact) mass is 369 g/mol. The molecule has 27 heavy (non-hydrogen) atoms. The highest BCUT2D eigenvalue weighted by Crippen LogP contribution is 2.32. The van der Waals surface area contributed by atoms with Crippen molar-refractivity contribution in [2.75, 3.05) is 14.2 Å². The smallest absolute Gasteiger partial charge is 0.349 e. The Morgan fingerprint density at radius 3 is 1.78 bits per heavy atom. The Bertz CT molecular complexity index is 929.